The van der Waals surface area contributed by atoms with Gasteiger partial charge in [0.1, 0.15) is 30.3 Å². The number of rotatable bonds is 11. The highest BCUT2D eigenvalue weighted by molar-refractivity contribution is 7.52. The third-order valence-corrected chi connectivity index (χ3v) is 7.43. The number of nitrogens with one attached hydrogen (secondary N) is 1. The Labute approximate surface area is 227 Å². The standard InChI is InChI=1S/C25H27F2N4O8P/c1-16(22(33)36-14-17-8-4-2-5-9-17)30-40(35,39-18-10-6-3-7-11-18)37-15-19-21(32)25(26,27)23(38-19)31-13-12-20(28)29-24(31)34/h2-13,16,19,21,23,32H,14-15H2,1H3,(H,30,35)(H2,28,29,34)/t16?,19?,21-,23-,40?/m1/s1. The fraction of sp³-hybridized carbons (Fsp3) is 0.320. The van der Waals surface area contributed by atoms with E-state index in [1.807, 2.05) is 0 Å². The van der Waals surface area contributed by atoms with Crippen molar-refractivity contribution >= 4 is 19.5 Å². The zero-order valence-electron chi connectivity index (χ0n) is 21.1. The van der Waals surface area contributed by atoms with E-state index in [4.69, 9.17) is 24.3 Å². The Morgan fingerprint density at radius 2 is 1.85 bits per heavy atom. The number of aliphatic hydroxyl groups excluding tert-OH is 1. The third-order valence-electron chi connectivity index (χ3n) is 5.79. The van der Waals surface area contributed by atoms with Crippen molar-refractivity contribution in [2.45, 2.75) is 43.9 Å². The molecule has 40 heavy (non-hydrogen) atoms. The zero-order chi connectivity index (χ0) is 28.9. The number of aliphatic hydroxyl groups is 1. The van der Waals surface area contributed by atoms with Gasteiger partial charge >= 0.3 is 25.3 Å². The number of hydrogen-bond donors (Lipinski definition) is 3. The van der Waals surface area contributed by atoms with E-state index in [-0.39, 0.29) is 18.2 Å². The van der Waals surface area contributed by atoms with Crippen LogP contribution in [-0.2, 0) is 30.0 Å². The number of para-hydroxylation sites is 1. The second-order valence-electron chi connectivity index (χ2n) is 8.83. The number of benzene rings is 2. The van der Waals surface area contributed by atoms with Crippen molar-refractivity contribution in [3.8, 4) is 5.75 Å². The normalized spacial score (nSPS) is 22.2. The van der Waals surface area contributed by atoms with E-state index < -0.39 is 56.4 Å². The first kappa shape index (κ1) is 29.3. The molecule has 2 heterocycles. The first-order chi connectivity index (χ1) is 19.0. The molecular weight excluding hydrogens is 553 g/mol. The quantitative estimate of drug-likeness (QED) is 0.226. The molecule has 1 aromatic heterocycles. The molecular formula is C25H27F2N4O8P. The number of aromatic nitrogens is 2. The second kappa shape index (κ2) is 12.2. The molecule has 12 nitrogen and oxygen atoms in total. The molecule has 0 bridgehead atoms. The summed E-state index contributed by atoms with van der Waals surface area (Å²) in [5.74, 6) is -4.85. The van der Waals surface area contributed by atoms with E-state index in [1.54, 1.807) is 48.5 Å². The largest absolute Gasteiger partial charge is 0.460 e. The van der Waals surface area contributed by atoms with Gasteiger partial charge in [-0.2, -0.15) is 18.9 Å². The number of anilines is 1. The minimum atomic E-state index is -4.46. The van der Waals surface area contributed by atoms with E-state index in [1.165, 1.54) is 19.1 Å². The van der Waals surface area contributed by atoms with Crippen molar-refractivity contribution in [2.75, 3.05) is 12.3 Å². The Kier molecular flexibility index (Phi) is 8.96. The summed E-state index contributed by atoms with van der Waals surface area (Å²) in [7, 11) is -4.46. The summed E-state index contributed by atoms with van der Waals surface area (Å²) in [4.78, 5) is 28.1. The summed E-state index contributed by atoms with van der Waals surface area (Å²) in [6, 6.07) is 16.5. The summed E-state index contributed by atoms with van der Waals surface area (Å²) >= 11 is 0. The fourth-order valence-corrected chi connectivity index (χ4v) is 5.24. The molecule has 2 aromatic carbocycles. The summed E-state index contributed by atoms with van der Waals surface area (Å²) in [6.45, 7) is 0.435. The van der Waals surface area contributed by atoms with Crippen LogP contribution in [0.25, 0.3) is 0 Å². The molecule has 0 aliphatic carbocycles. The van der Waals surface area contributed by atoms with Gasteiger partial charge in [0.25, 0.3) is 0 Å². The maximum atomic E-state index is 14.9. The first-order valence-corrected chi connectivity index (χ1v) is 13.6. The molecule has 4 N–H and O–H groups in total. The molecule has 3 unspecified atom stereocenters. The molecule has 4 rings (SSSR count). The summed E-state index contributed by atoms with van der Waals surface area (Å²) in [5, 5.41) is 12.7. The highest BCUT2D eigenvalue weighted by Gasteiger charge is 2.60. The van der Waals surface area contributed by atoms with E-state index in [9.17, 15) is 28.0 Å². The zero-order valence-corrected chi connectivity index (χ0v) is 22.0. The lowest BCUT2D eigenvalue weighted by molar-refractivity contribution is -0.146. The van der Waals surface area contributed by atoms with Crippen molar-refractivity contribution in [2.24, 2.45) is 0 Å². The number of hydrogen-bond acceptors (Lipinski definition) is 10. The van der Waals surface area contributed by atoms with Gasteiger partial charge in [-0.25, -0.2) is 9.36 Å². The average molecular weight is 580 g/mol. The van der Waals surface area contributed by atoms with Crippen LogP contribution < -0.4 is 21.0 Å². The molecule has 214 valence electrons. The Morgan fingerprint density at radius 3 is 2.50 bits per heavy atom. The van der Waals surface area contributed by atoms with E-state index in [0.717, 1.165) is 17.8 Å². The number of ether oxygens (including phenoxy) is 2. The molecule has 5 atom stereocenters. The maximum absolute atomic E-state index is 14.9. The maximum Gasteiger partial charge on any atom is 0.459 e. The minimum Gasteiger partial charge on any atom is -0.460 e. The van der Waals surface area contributed by atoms with Crippen molar-refractivity contribution in [1.82, 2.24) is 14.6 Å². The number of halogens is 2. The monoisotopic (exact) mass is 580 g/mol. The number of nitrogens with zero attached hydrogens (tertiary/aromatic N) is 2. The van der Waals surface area contributed by atoms with Gasteiger partial charge in [0.15, 0.2) is 6.10 Å². The van der Waals surface area contributed by atoms with E-state index >= 15 is 0 Å². The Morgan fingerprint density at radius 1 is 1.20 bits per heavy atom. The van der Waals surface area contributed by atoms with Crippen molar-refractivity contribution in [3.05, 3.63) is 89.0 Å². The Hall–Kier alpha value is -3.68. The van der Waals surface area contributed by atoms with Gasteiger partial charge in [-0.05, 0) is 30.7 Å². The van der Waals surface area contributed by atoms with Crippen LogP contribution in [0.4, 0.5) is 14.6 Å². The lowest BCUT2D eigenvalue weighted by atomic mass is 10.1. The second-order valence-corrected chi connectivity index (χ2v) is 10.5. The Balaban J connectivity index is 1.47. The van der Waals surface area contributed by atoms with Crippen LogP contribution >= 0.6 is 7.75 Å². The number of esters is 1. The molecule has 0 radical (unpaired) electrons. The number of alkyl halides is 2. The molecule has 15 heteroatoms. The first-order valence-electron chi connectivity index (χ1n) is 12.0. The van der Waals surface area contributed by atoms with Crippen LogP contribution in [0.5, 0.6) is 5.75 Å². The van der Waals surface area contributed by atoms with Crippen LogP contribution in [0.3, 0.4) is 0 Å². The molecule has 1 aliphatic rings. The van der Waals surface area contributed by atoms with Crippen LogP contribution in [0.2, 0.25) is 0 Å². The van der Waals surface area contributed by atoms with Gasteiger partial charge in [-0.15, -0.1) is 0 Å². The van der Waals surface area contributed by atoms with Crippen molar-refractivity contribution in [3.63, 3.8) is 0 Å². The Bertz CT molecular complexity index is 1410. The van der Waals surface area contributed by atoms with Crippen molar-refractivity contribution < 1.29 is 41.8 Å². The lowest BCUT2D eigenvalue weighted by Crippen LogP contribution is -2.42. The molecule has 0 saturated carbocycles. The number of nitrogens with two attached hydrogens (primary N) is 1. The van der Waals surface area contributed by atoms with Crippen LogP contribution in [0.15, 0.2) is 77.7 Å². The minimum absolute atomic E-state index is 0.0473. The highest BCUT2D eigenvalue weighted by atomic mass is 31.2. The highest BCUT2D eigenvalue weighted by Crippen LogP contribution is 2.48. The predicted molar refractivity (Wildman–Crippen MR) is 137 cm³/mol. The third kappa shape index (κ3) is 6.90. The summed E-state index contributed by atoms with van der Waals surface area (Å²) < 4.78 is 65.3. The van der Waals surface area contributed by atoms with Crippen LogP contribution in [0.1, 0.15) is 18.7 Å². The molecule has 0 amide bonds. The van der Waals surface area contributed by atoms with Gasteiger partial charge in [0, 0.05) is 6.20 Å². The number of carbonyl (C=O) groups is 1. The van der Waals surface area contributed by atoms with E-state index in [0.29, 0.717) is 4.57 Å². The lowest BCUT2D eigenvalue weighted by Gasteiger charge is -2.24. The van der Waals surface area contributed by atoms with Crippen LogP contribution in [-0.4, -0.2) is 51.4 Å². The molecule has 3 aromatic rings. The molecule has 0 spiro atoms. The summed E-state index contributed by atoms with van der Waals surface area (Å²) in [6.07, 6.45) is -5.50. The molecule has 1 saturated heterocycles. The smallest absolute Gasteiger partial charge is 0.459 e. The fourth-order valence-electron chi connectivity index (χ4n) is 3.74. The van der Waals surface area contributed by atoms with Gasteiger partial charge in [0.05, 0.1) is 6.61 Å². The van der Waals surface area contributed by atoms with Gasteiger partial charge in [-0.3, -0.25) is 13.9 Å². The van der Waals surface area contributed by atoms with Gasteiger partial charge < -0.3 is 24.8 Å². The molecule has 1 fully saturated rings. The van der Waals surface area contributed by atoms with Crippen LogP contribution in [0, 0.1) is 0 Å². The number of nitrogen functional groups attached to an aromatic ring is 1. The summed E-state index contributed by atoms with van der Waals surface area (Å²) in [5.41, 5.74) is 5.01. The van der Waals surface area contributed by atoms with Gasteiger partial charge in [-0.1, -0.05) is 48.5 Å². The van der Waals surface area contributed by atoms with Gasteiger partial charge in [0.2, 0.25) is 6.23 Å². The SMILES string of the molecule is CC(NP(=O)(OCC1O[C@@H](n2ccc(N)nc2=O)C(F)(F)[C@@H]1O)Oc1ccccc1)C(=O)OCc1ccccc1. The average Bonchev–Trinajstić information content (AvgIpc) is 3.15. The number of carbonyl (C=O) groups excluding carboxylic acids is 1. The van der Waals surface area contributed by atoms with E-state index in [2.05, 4.69) is 10.1 Å². The topological polar surface area (TPSA) is 164 Å². The van der Waals surface area contributed by atoms with Crippen molar-refractivity contribution in [1.29, 1.82) is 0 Å². The predicted octanol–water partition coefficient (Wildman–Crippen LogP) is 2.64. The molecule has 1 aliphatic heterocycles.